The van der Waals surface area contributed by atoms with Gasteiger partial charge in [0.15, 0.2) is 9.84 Å². The Hall–Kier alpha value is -1.01. The molecule has 0 saturated carbocycles. The highest BCUT2D eigenvalue weighted by molar-refractivity contribution is 7.91. The van der Waals surface area contributed by atoms with Gasteiger partial charge < -0.3 is 5.32 Å². The van der Waals surface area contributed by atoms with Gasteiger partial charge in [0, 0.05) is 11.6 Å². The first-order valence-corrected chi connectivity index (χ1v) is 8.01. The number of benzene rings is 1. The average Bonchev–Trinajstić information content (AvgIpc) is 2.71. The number of halogens is 2. The van der Waals surface area contributed by atoms with E-state index < -0.39 is 16.3 Å². The van der Waals surface area contributed by atoms with Crippen LogP contribution in [0.2, 0.25) is 0 Å². The largest absolute Gasteiger partial charge is 0.313 e. The van der Waals surface area contributed by atoms with Gasteiger partial charge in [0.25, 0.3) is 6.43 Å². The predicted octanol–water partition coefficient (Wildman–Crippen LogP) is 2.32. The number of nitrogens with one attached hydrogen (secondary N) is 1. The third-order valence-electron chi connectivity index (χ3n) is 3.60. The van der Waals surface area contributed by atoms with Gasteiger partial charge in [-0.1, -0.05) is 24.3 Å². The molecule has 1 saturated heterocycles. The fourth-order valence-electron chi connectivity index (χ4n) is 2.61. The summed E-state index contributed by atoms with van der Waals surface area (Å²) in [6.45, 7) is 0. The molecule has 0 radical (unpaired) electrons. The smallest absolute Gasteiger partial charge is 0.263 e. The molecule has 1 aromatic carbocycles. The molecule has 1 fully saturated rings. The molecule has 1 N–H and O–H groups in total. The number of hydrogen-bond acceptors (Lipinski definition) is 3. The highest BCUT2D eigenvalue weighted by atomic mass is 32.2. The minimum absolute atomic E-state index is 0.00685. The van der Waals surface area contributed by atoms with E-state index in [0.717, 1.165) is 5.56 Å². The predicted molar refractivity (Wildman–Crippen MR) is 70.0 cm³/mol. The molecule has 2 unspecified atom stereocenters. The van der Waals surface area contributed by atoms with Gasteiger partial charge in [-0.25, -0.2) is 17.2 Å². The minimum atomic E-state index is -2.94. The zero-order valence-corrected chi connectivity index (χ0v) is 11.5. The van der Waals surface area contributed by atoms with E-state index in [1.165, 1.54) is 12.1 Å². The second-order valence-corrected chi connectivity index (χ2v) is 7.13. The van der Waals surface area contributed by atoms with Crippen LogP contribution in [0.3, 0.4) is 0 Å². The molecule has 0 amide bonds. The first kappa shape index (κ1) is 14.4. The summed E-state index contributed by atoms with van der Waals surface area (Å²) in [5.74, 6) is 0.382. The summed E-state index contributed by atoms with van der Waals surface area (Å²) < 4.78 is 48.0. The summed E-state index contributed by atoms with van der Waals surface area (Å²) in [7, 11) is -1.18. The molecular weight excluding hydrogens is 272 g/mol. The molecule has 1 aliphatic rings. The Morgan fingerprint density at radius 2 is 1.79 bits per heavy atom. The number of hydrogen-bond donors (Lipinski definition) is 1. The second kappa shape index (κ2) is 5.54. The Bertz CT molecular complexity index is 528. The molecule has 3 nitrogen and oxygen atoms in total. The number of sulfone groups is 1. The summed E-state index contributed by atoms with van der Waals surface area (Å²) in [5.41, 5.74) is 0.839. The zero-order chi connectivity index (χ0) is 14.0. The maximum atomic E-state index is 12.5. The van der Waals surface area contributed by atoms with Gasteiger partial charge in [-0.05, 0) is 24.9 Å². The summed E-state index contributed by atoms with van der Waals surface area (Å²) in [6, 6.07) is 5.98. The lowest BCUT2D eigenvalue weighted by Crippen LogP contribution is -2.26. The van der Waals surface area contributed by atoms with E-state index in [9.17, 15) is 17.2 Å². The summed E-state index contributed by atoms with van der Waals surface area (Å²) in [4.78, 5) is 0. The molecule has 6 heteroatoms. The van der Waals surface area contributed by atoms with E-state index in [1.54, 1.807) is 19.2 Å². The van der Waals surface area contributed by atoms with Crippen LogP contribution in [-0.4, -0.2) is 27.0 Å². The fraction of sp³-hybridized carbons (Fsp3) is 0.538. The van der Waals surface area contributed by atoms with E-state index in [2.05, 4.69) is 5.32 Å². The molecule has 0 spiro atoms. The summed E-state index contributed by atoms with van der Waals surface area (Å²) in [5, 5.41) is 3.09. The summed E-state index contributed by atoms with van der Waals surface area (Å²) in [6.07, 6.45) is -1.86. The molecule has 1 heterocycles. The molecular formula is C13H17F2NO2S. The topological polar surface area (TPSA) is 46.2 Å². The van der Waals surface area contributed by atoms with Gasteiger partial charge >= 0.3 is 0 Å². The maximum Gasteiger partial charge on any atom is 0.263 e. The molecule has 1 aromatic rings. The van der Waals surface area contributed by atoms with Crippen molar-refractivity contribution >= 4 is 9.84 Å². The maximum absolute atomic E-state index is 12.5. The van der Waals surface area contributed by atoms with Crippen LogP contribution in [0.15, 0.2) is 24.3 Å². The highest BCUT2D eigenvalue weighted by Crippen LogP contribution is 2.32. The van der Waals surface area contributed by atoms with E-state index >= 15 is 0 Å². The van der Waals surface area contributed by atoms with Crippen LogP contribution < -0.4 is 5.32 Å². The fourth-order valence-corrected chi connectivity index (χ4v) is 4.45. The zero-order valence-electron chi connectivity index (χ0n) is 10.6. The average molecular weight is 289 g/mol. The van der Waals surface area contributed by atoms with E-state index in [-0.39, 0.29) is 29.0 Å². The van der Waals surface area contributed by atoms with Crippen LogP contribution in [0.4, 0.5) is 8.78 Å². The van der Waals surface area contributed by atoms with Crippen molar-refractivity contribution in [2.75, 3.05) is 18.6 Å². The quantitative estimate of drug-likeness (QED) is 0.925. The van der Waals surface area contributed by atoms with Crippen LogP contribution >= 0.6 is 0 Å². The van der Waals surface area contributed by atoms with Crippen LogP contribution in [0.5, 0.6) is 0 Å². The van der Waals surface area contributed by atoms with Gasteiger partial charge in [0.05, 0.1) is 11.5 Å². The molecule has 0 aliphatic carbocycles. The van der Waals surface area contributed by atoms with Crippen molar-refractivity contribution in [1.29, 1.82) is 0 Å². The first-order chi connectivity index (χ1) is 8.93. The van der Waals surface area contributed by atoms with Gasteiger partial charge in [0.1, 0.15) is 0 Å². The molecule has 19 heavy (non-hydrogen) atoms. The van der Waals surface area contributed by atoms with Crippen molar-refractivity contribution in [2.24, 2.45) is 5.92 Å². The lowest BCUT2D eigenvalue weighted by molar-refractivity contribution is 0.151. The highest BCUT2D eigenvalue weighted by Gasteiger charge is 2.33. The van der Waals surface area contributed by atoms with Gasteiger partial charge in [-0.3, -0.25) is 0 Å². The normalized spacial score (nSPS) is 23.7. The van der Waals surface area contributed by atoms with Crippen molar-refractivity contribution < 1.29 is 17.2 Å². The number of alkyl halides is 2. The van der Waals surface area contributed by atoms with Crippen molar-refractivity contribution in [3.63, 3.8) is 0 Å². The van der Waals surface area contributed by atoms with Gasteiger partial charge in [-0.15, -0.1) is 0 Å². The SMILES string of the molecule is CNC(c1ccc(C(F)F)cc1)C1CCS(=O)(=O)C1. The Labute approximate surface area is 111 Å². The van der Waals surface area contributed by atoms with Crippen LogP contribution in [-0.2, 0) is 9.84 Å². The monoisotopic (exact) mass is 289 g/mol. The number of rotatable bonds is 4. The Morgan fingerprint density at radius 1 is 1.21 bits per heavy atom. The Morgan fingerprint density at radius 3 is 2.21 bits per heavy atom. The molecule has 106 valence electrons. The van der Waals surface area contributed by atoms with Gasteiger partial charge in [0.2, 0.25) is 0 Å². The Balaban J connectivity index is 2.18. The van der Waals surface area contributed by atoms with Crippen LogP contribution in [0.25, 0.3) is 0 Å². The van der Waals surface area contributed by atoms with Crippen molar-refractivity contribution in [3.8, 4) is 0 Å². The van der Waals surface area contributed by atoms with E-state index in [4.69, 9.17) is 0 Å². The Kier molecular flexibility index (Phi) is 4.20. The van der Waals surface area contributed by atoms with Gasteiger partial charge in [-0.2, -0.15) is 0 Å². The minimum Gasteiger partial charge on any atom is -0.313 e. The summed E-state index contributed by atoms with van der Waals surface area (Å²) >= 11 is 0. The standard InChI is InChI=1S/C13H17F2NO2S/c1-16-12(11-6-7-19(17,18)8-11)9-2-4-10(5-3-9)13(14)15/h2-5,11-13,16H,6-8H2,1H3. The van der Waals surface area contributed by atoms with E-state index in [1.807, 2.05) is 0 Å². The molecule has 0 aromatic heterocycles. The lowest BCUT2D eigenvalue weighted by Gasteiger charge is -2.22. The van der Waals surface area contributed by atoms with Crippen molar-refractivity contribution in [2.45, 2.75) is 18.9 Å². The third-order valence-corrected chi connectivity index (χ3v) is 5.39. The third kappa shape index (κ3) is 3.30. The molecule has 2 atom stereocenters. The van der Waals surface area contributed by atoms with E-state index in [0.29, 0.717) is 6.42 Å². The first-order valence-electron chi connectivity index (χ1n) is 6.18. The lowest BCUT2D eigenvalue weighted by atomic mass is 9.92. The van der Waals surface area contributed by atoms with Crippen molar-refractivity contribution in [3.05, 3.63) is 35.4 Å². The van der Waals surface area contributed by atoms with Crippen LogP contribution in [0, 0.1) is 5.92 Å². The van der Waals surface area contributed by atoms with Crippen molar-refractivity contribution in [1.82, 2.24) is 5.32 Å². The molecule has 1 aliphatic heterocycles. The second-order valence-electron chi connectivity index (χ2n) is 4.90. The van der Waals surface area contributed by atoms with Crippen LogP contribution in [0.1, 0.15) is 30.0 Å². The molecule has 0 bridgehead atoms. The molecule has 2 rings (SSSR count).